The van der Waals surface area contributed by atoms with E-state index in [4.69, 9.17) is 38.7 Å². The summed E-state index contributed by atoms with van der Waals surface area (Å²) in [5, 5.41) is 14.8. The van der Waals surface area contributed by atoms with Crippen molar-refractivity contribution in [2.45, 2.75) is 6.54 Å². The normalized spacial score (nSPS) is 13.2. The molecule has 1 fully saturated rings. The van der Waals surface area contributed by atoms with Gasteiger partial charge in [-0.3, -0.25) is 9.69 Å². The van der Waals surface area contributed by atoms with Gasteiger partial charge in [-0.25, -0.2) is 9.59 Å². The number of ether oxygens (including phenoxy) is 4. The number of carbonyl (C=O) groups is 3. The van der Waals surface area contributed by atoms with Crippen molar-refractivity contribution in [2.75, 3.05) is 54.6 Å². The van der Waals surface area contributed by atoms with Crippen LogP contribution in [-0.2, 0) is 16.1 Å². The van der Waals surface area contributed by atoms with Crippen molar-refractivity contribution in [3.05, 3.63) is 47.5 Å². The molecule has 0 saturated carbocycles. The van der Waals surface area contributed by atoms with Gasteiger partial charge in [0.05, 0.1) is 28.4 Å². The molecule has 11 heteroatoms. The number of benzene rings is 2. The van der Waals surface area contributed by atoms with Crippen molar-refractivity contribution in [3.63, 3.8) is 0 Å². The van der Waals surface area contributed by atoms with Gasteiger partial charge in [0.25, 0.3) is 5.91 Å². The standard InChI is InChI=1S/C22H28N2O5.C2H2O4/c1-26-18-7-5-6-16(14-18)22(25)24-12-10-23(11-13-24)15-17-8-9-19(27-2)21(29-4)20(17)28-3;3-1(4)2(5)6/h5-9,14H,10-13,15H2,1-4H3;(H,3,4)(H,5,6). The smallest absolute Gasteiger partial charge is 0.414 e. The fourth-order valence-electron chi connectivity index (χ4n) is 3.58. The molecule has 11 nitrogen and oxygen atoms in total. The van der Waals surface area contributed by atoms with E-state index in [0.717, 1.165) is 18.7 Å². The van der Waals surface area contributed by atoms with Gasteiger partial charge in [-0.15, -0.1) is 0 Å². The van der Waals surface area contributed by atoms with E-state index in [1.54, 1.807) is 34.5 Å². The van der Waals surface area contributed by atoms with Crippen LogP contribution in [0.25, 0.3) is 0 Å². The second-order valence-electron chi connectivity index (χ2n) is 7.40. The van der Waals surface area contributed by atoms with Crippen molar-refractivity contribution in [3.8, 4) is 23.0 Å². The highest BCUT2D eigenvalue weighted by Gasteiger charge is 2.24. The molecule has 0 unspecified atom stereocenters. The van der Waals surface area contributed by atoms with Crippen LogP contribution in [0.2, 0.25) is 0 Å². The van der Waals surface area contributed by atoms with E-state index in [2.05, 4.69) is 4.90 Å². The molecule has 0 aromatic heterocycles. The zero-order valence-electron chi connectivity index (χ0n) is 20.1. The first-order chi connectivity index (χ1) is 16.7. The molecule has 3 rings (SSSR count). The Morgan fingerprint density at radius 1 is 0.800 bits per heavy atom. The lowest BCUT2D eigenvalue weighted by Crippen LogP contribution is -2.48. The first-order valence-corrected chi connectivity index (χ1v) is 10.6. The lowest BCUT2D eigenvalue weighted by atomic mass is 10.1. The highest BCUT2D eigenvalue weighted by atomic mass is 16.5. The predicted molar refractivity (Wildman–Crippen MR) is 126 cm³/mol. The topological polar surface area (TPSA) is 135 Å². The van der Waals surface area contributed by atoms with Crippen molar-refractivity contribution in [1.82, 2.24) is 9.80 Å². The van der Waals surface area contributed by atoms with E-state index in [-0.39, 0.29) is 5.91 Å². The maximum atomic E-state index is 12.8. The Balaban J connectivity index is 0.000000641. The second kappa shape index (κ2) is 13.0. The van der Waals surface area contributed by atoms with E-state index in [1.807, 2.05) is 35.2 Å². The molecule has 190 valence electrons. The van der Waals surface area contributed by atoms with Crippen LogP contribution >= 0.6 is 0 Å². The van der Waals surface area contributed by atoms with Crippen LogP contribution in [0, 0.1) is 0 Å². The molecule has 1 aliphatic rings. The van der Waals surface area contributed by atoms with Crippen LogP contribution in [0.5, 0.6) is 23.0 Å². The summed E-state index contributed by atoms with van der Waals surface area (Å²) in [5.74, 6) is -1.00. The average Bonchev–Trinajstić information content (AvgIpc) is 2.88. The van der Waals surface area contributed by atoms with Crippen LogP contribution in [0.1, 0.15) is 15.9 Å². The Morgan fingerprint density at radius 3 is 1.94 bits per heavy atom. The summed E-state index contributed by atoms with van der Waals surface area (Å²) in [6.07, 6.45) is 0. The summed E-state index contributed by atoms with van der Waals surface area (Å²) in [7, 11) is 6.44. The lowest BCUT2D eigenvalue weighted by molar-refractivity contribution is -0.159. The predicted octanol–water partition coefficient (Wildman–Crippen LogP) is 1.83. The third-order valence-electron chi connectivity index (χ3n) is 5.34. The molecule has 0 radical (unpaired) electrons. The van der Waals surface area contributed by atoms with E-state index < -0.39 is 11.9 Å². The fourth-order valence-corrected chi connectivity index (χ4v) is 3.58. The molecule has 2 N–H and O–H groups in total. The van der Waals surface area contributed by atoms with Crippen LogP contribution in [0.3, 0.4) is 0 Å². The Bertz CT molecular complexity index is 1020. The van der Waals surface area contributed by atoms with Gasteiger partial charge in [0.15, 0.2) is 11.5 Å². The van der Waals surface area contributed by atoms with Gasteiger partial charge >= 0.3 is 11.9 Å². The molecule has 2 aromatic carbocycles. The molecule has 35 heavy (non-hydrogen) atoms. The van der Waals surface area contributed by atoms with Crippen molar-refractivity contribution in [2.24, 2.45) is 0 Å². The zero-order valence-corrected chi connectivity index (χ0v) is 20.1. The summed E-state index contributed by atoms with van der Waals surface area (Å²) in [5.41, 5.74) is 1.68. The first-order valence-electron chi connectivity index (χ1n) is 10.6. The summed E-state index contributed by atoms with van der Waals surface area (Å²) in [6, 6.07) is 11.2. The summed E-state index contributed by atoms with van der Waals surface area (Å²) in [4.78, 5) is 35.2. The number of aliphatic carboxylic acids is 2. The second-order valence-corrected chi connectivity index (χ2v) is 7.40. The molecule has 2 aromatic rings. The molecule has 1 heterocycles. The van der Waals surface area contributed by atoms with Crippen LogP contribution in [-0.4, -0.2) is 92.5 Å². The Hall–Kier alpha value is -3.99. The number of rotatable bonds is 7. The first kappa shape index (κ1) is 27.3. The van der Waals surface area contributed by atoms with Gasteiger partial charge in [0.2, 0.25) is 5.75 Å². The van der Waals surface area contributed by atoms with E-state index in [0.29, 0.717) is 48.2 Å². The minimum atomic E-state index is -1.82. The van der Waals surface area contributed by atoms with Gasteiger partial charge in [0.1, 0.15) is 5.75 Å². The molecule has 1 aliphatic heterocycles. The van der Waals surface area contributed by atoms with E-state index in [1.165, 1.54) is 0 Å². The fraction of sp³-hybridized carbons (Fsp3) is 0.375. The number of nitrogens with zero attached hydrogens (tertiary/aromatic N) is 2. The van der Waals surface area contributed by atoms with Crippen molar-refractivity contribution < 1.29 is 43.5 Å². The number of carbonyl (C=O) groups excluding carboxylic acids is 1. The number of amides is 1. The molecule has 1 amide bonds. The van der Waals surface area contributed by atoms with Gasteiger partial charge < -0.3 is 34.1 Å². The Kier molecular flexibility index (Phi) is 10.2. The number of carboxylic acid groups (broad SMARTS) is 2. The lowest BCUT2D eigenvalue weighted by Gasteiger charge is -2.35. The molecule has 0 bridgehead atoms. The van der Waals surface area contributed by atoms with Crippen LogP contribution < -0.4 is 18.9 Å². The number of hydrogen-bond acceptors (Lipinski definition) is 8. The molecule has 0 aliphatic carbocycles. The highest BCUT2D eigenvalue weighted by molar-refractivity contribution is 6.27. The van der Waals surface area contributed by atoms with Crippen molar-refractivity contribution in [1.29, 1.82) is 0 Å². The monoisotopic (exact) mass is 490 g/mol. The summed E-state index contributed by atoms with van der Waals surface area (Å²) < 4.78 is 21.6. The van der Waals surface area contributed by atoms with E-state index in [9.17, 15) is 4.79 Å². The largest absolute Gasteiger partial charge is 0.497 e. The van der Waals surface area contributed by atoms with Crippen molar-refractivity contribution >= 4 is 17.8 Å². The average molecular weight is 491 g/mol. The van der Waals surface area contributed by atoms with Gasteiger partial charge in [-0.05, 0) is 24.3 Å². The summed E-state index contributed by atoms with van der Waals surface area (Å²) >= 11 is 0. The number of hydrogen-bond donors (Lipinski definition) is 2. The third kappa shape index (κ3) is 7.24. The SMILES string of the molecule is COc1cccc(C(=O)N2CCN(Cc3ccc(OC)c(OC)c3OC)CC2)c1.O=C(O)C(=O)O. The van der Waals surface area contributed by atoms with Crippen LogP contribution in [0.4, 0.5) is 0 Å². The maximum Gasteiger partial charge on any atom is 0.414 e. The molecular formula is C24H30N2O9. The molecule has 0 atom stereocenters. The Labute approximate surface area is 203 Å². The van der Waals surface area contributed by atoms with Gasteiger partial charge in [-0.2, -0.15) is 0 Å². The zero-order chi connectivity index (χ0) is 26.0. The Morgan fingerprint density at radius 2 is 1.43 bits per heavy atom. The minimum absolute atomic E-state index is 0.0345. The third-order valence-corrected chi connectivity index (χ3v) is 5.34. The molecular weight excluding hydrogens is 460 g/mol. The maximum absolute atomic E-state index is 12.8. The molecule has 1 saturated heterocycles. The number of methoxy groups -OCH3 is 4. The summed E-state index contributed by atoms with van der Waals surface area (Å²) in [6.45, 7) is 3.63. The quantitative estimate of drug-likeness (QED) is 0.554. The van der Waals surface area contributed by atoms with Crippen LogP contribution in [0.15, 0.2) is 36.4 Å². The highest BCUT2D eigenvalue weighted by Crippen LogP contribution is 2.40. The van der Waals surface area contributed by atoms with Gasteiger partial charge in [0, 0.05) is 43.9 Å². The van der Waals surface area contributed by atoms with E-state index >= 15 is 0 Å². The minimum Gasteiger partial charge on any atom is -0.497 e. The van der Waals surface area contributed by atoms with Gasteiger partial charge in [-0.1, -0.05) is 12.1 Å². The number of carboxylic acids is 2. The number of piperazine rings is 1. The molecule has 0 spiro atoms.